The maximum absolute atomic E-state index is 12.5. The molecule has 0 amide bonds. The first kappa shape index (κ1) is 9.26. The molecule has 2 aromatic rings. The van der Waals surface area contributed by atoms with E-state index >= 15 is 0 Å². The van der Waals surface area contributed by atoms with E-state index in [-0.39, 0.29) is 10.5 Å². The van der Waals surface area contributed by atoms with E-state index in [1.807, 2.05) is 0 Å². The van der Waals surface area contributed by atoms with Crippen LogP contribution >= 0.6 is 11.5 Å². The first-order chi connectivity index (χ1) is 6.50. The zero-order valence-electron chi connectivity index (χ0n) is 6.80. The summed E-state index contributed by atoms with van der Waals surface area (Å²) < 4.78 is 41.2. The van der Waals surface area contributed by atoms with Crippen molar-refractivity contribution in [1.29, 1.82) is 0 Å². The van der Waals surface area contributed by atoms with Crippen molar-refractivity contribution < 1.29 is 13.2 Å². The molecule has 0 atom stereocenters. The summed E-state index contributed by atoms with van der Waals surface area (Å²) in [5, 5.41) is 0.366. The first-order valence-electron chi connectivity index (χ1n) is 3.71. The van der Waals surface area contributed by atoms with E-state index in [1.54, 1.807) is 0 Å². The third kappa shape index (κ3) is 1.31. The SMILES string of the molecule is Nc1nsc2c(C(F)(F)F)cccc12. The number of aromatic nitrogens is 1. The van der Waals surface area contributed by atoms with Crippen LogP contribution < -0.4 is 5.73 Å². The van der Waals surface area contributed by atoms with Crippen LogP contribution in [0.5, 0.6) is 0 Å². The van der Waals surface area contributed by atoms with E-state index in [4.69, 9.17) is 5.73 Å². The lowest BCUT2D eigenvalue weighted by Crippen LogP contribution is -2.04. The molecule has 1 heterocycles. The predicted octanol–water partition coefficient (Wildman–Crippen LogP) is 2.90. The molecule has 2 nitrogen and oxygen atoms in total. The number of alkyl halides is 3. The van der Waals surface area contributed by atoms with Crippen LogP contribution in [0.3, 0.4) is 0 Å². The van der Waals surface area contributed by atoms with Crippen LogP contribution in [0.1, 0.15) is 5.56 Å². The topological polar surface area (TPSA) is 38.9 Å². The number of halogens is 3. The molecule has 0 radical (unpaired) electrons. The molecular formula is C8H5F3N2S. The Morgan fingerprint density at radius 3 is 2.64 bits per heavy atom. The number of anilines is 1. The molecule has 0 aliphatic rings. The number of hydrogen-bond acceptors (Lipinski definition) is 3. The molecule has 2 N–H and O–H groups in total. The van der Waals surface area contributed by atoms with Crippen LogP contribution in [0.25, 0.3) is 10.1 Å². The van der Waals surface area contributed by atoms with E-state index in [2.05, 4.69) is 4.37 Å². The van der Waals surface area contributed by atoms with Crippen molar-refractivity contribution in [2.24, 2.45) is 0 Å². The summed E-state index contributed by atoms with van der Waals surface area (Å²) in [6.07, 6.45) is -4.35. The van der Waals surface area contributed by atoms with Gasteiger partial charge in [0, 0.05) is 5.39 Å². The fourth-order valence-corrected chi connectivity index (χ4v) is 2.05. The van der Waals surface area contributed by atoms with Crippen molar-refractivity contribution in [2.45, 2.75) is 6.18 Å². The Hall–Kier alpha value is -1.30. The molecule has 0 aliphatic carbocycles. The minimum atomic E-state index is -4.35. The van der Waals surface area contributed by atoms with Crippen LogP contribution in [-0.2, 0) is 6.18 Å². The van der Waals surface area contributed by atoms with Crippen LogP contribution in [0.15, 0.2) is 18.2 Å². The van der Waals surface area contributed by atoms with Crippen LogP contribution in [0.4, 0.5) is 19.0 Å². The van der Waals surface area contributed by atoms with Gasteiger partial charge in [-0.3, -0.25) is 0 Å². The van der Waals surface area contributed by atoms with Crippen molar-refractivity contribution in [3.05, 3.63) is 23.8 Å². The lowest BCUT2D eigenvalue weighted by molar-refractivity contribution is -0.136. The molecule has 0 spiro atoms. The average molecular weight is 218 g/mol. The molecule has 1 aromatic heterocycles. The minimum Gasteiger partial charge on any atom is -0.382 e. The van der Waals surface area contributed by atoms with E-state index < -0.39 is 11.7 Å². The van der Waals surface area contributed by atoms with Crippen molar-refractivity contribution in [2.75, 3.05) is 5.73 Å². The number of benzene rings is 1. The fourth-order valence-electron chi connectivity index (χ4n) is 1.20. The Morgan fingerprint density at radius 1 is 1.29 bits per heavy atom. The highest BCUT2D eigenvalue weighted by atomic mass is 32.1. The van der Waals surface area contributed by atoms with E-state index in [1.165, 1.54) is 12.1 Å². The number of nitrogens with zero attached hydrogens (tertiary/aromatic N) is 1. The number of fused-ring (bicyclic) bond motifs is 1. The molecule has 0 unspecified atom stereocenters. The highest BCUT2D eigenvalue weighted by molar-refractivity contribution is 7.14. The number of rotatable bonds is 0. The third-order valence-electron chi connectivity index (χ3n) is 1.83. The summed E-state index contributed by atoms with van der Waals surface area (Å²) in [6.45, 7) is 0. The Labute approximate surface area is 81.3 Å². The van der Waals surface area contributed by atoms with Crippen LogP contribution in [0, 0.1) is 0 Å². The van der Waals surface area contributed by atoms with Gasteiger partial charge in [-0.05, 0) is 23.7 Å². The standard InChI is InChI=1S/C8H5F3N2S/c9-8(10,11)5-3-1-2-4-6(5)14-13-7(4)12/h1-3H,(H2,12,13). The van der Waals surface area contributed by atoms with Crippen molar-refractivity contribution in [3.8, 4) is 0 Å². The quantitative estimate of drug-likeness (QED) is 0.738. The highest BCUT2D eigenvalue weighted by Crippen LogP contribution is 2.37. The molecule has 1 aromatic carbocycles. The van der Waals surface area contributed by atoms with E-state index in [9.17, 15) is 13.2 Å². The molecular weight excluding hydrogens is 213 g/mol. The second-order valence-corrected chi connectivity index (χ2v) is 3.52. The summed E-state index contributed by atoms with van der Waals surface area (Å²) in [6, 6.07) is 3.89. The Kier molecular flexibility index (Phi) is 1.88. The van der Waals surface area contributed by atoms with Crippen molar-refractivity contribution in [1.82, 2.24) is 4.37 Å². The lowest BCUT2D eigenvalue weighted by Gasteiger charge is -2.06. The largest absolute Gasteiger partial charge is 0.417 e. The van der Waals surface area contributed by atoms with Gasteiger partial charge < -0.3 is 5.73 Å². The third-order valence-corrected chi connectivity index (χ3v) is 2.74. The molecule has 14 heavy (non-hydrogen) atoms. The number of nitrogens with two attached hydrogens (primary N) is 1. The maximum Gasteiger partial charge on any atom is 0.417 e. The fraction of sp³-hybridized carbons (Fsp3) is 0.125. The van der Waals surface area contributed by atoms with Gasteiger partial charge >= 0.3 is 6.18 Å². The molecule has 74 valence electrons. The van der Waals surface area contributed by atoms with Gasteiger partial charge in [0.2, 0.25) is 0 Å². The van der Waals surface area contributed by atoms with Gasteiger partial charge in [-0.2, -0.15) is 17.5 Å². The van der Waals surface area contributed by atoms with Crippen molar-refractivity contribution >= 4 is 27.4 Å². The smallest absolute Gasteiger partial charge is 0.382 e. The maximum atomic E-state index is 12.5. The summed E-state index contributed by atoms with van der Waals surface area (Å²) in [5.41, 5.74) is 4.74. The molecule has 0 bridgehead atoms. The Balaban J connectivity index is 2.79. The molecule has 0 fully saturated rings. The molecule has 0 saturated heterocycles. The summed E-state index contributed by atoms with van der Waals surface area (Å²) in [4.78, 5) is 0. The summed E-state index contributed by atoms with van der Waals surface area (Å²) in [5.74, 6) is 0.149. The van der Waals surface area contributed by atoms with Crippen molar-refractivity contribution in [3.63, 3.8) is 0 Å². The summed E-state index contributed by atoms with van der Waals surface area (Å²) in [7, 11) is 0. The second kappa shape index (κ2) is 2.84. The van der Waals surface area contributed by atoms with Crippen LogP contribution in [0.2, 0.25) is 0 Å². The van der Waals surface area contributed by atoms with E-state index in [0.717, 1.165) is 17.6 Å². The molecule has 0 saturated carbocycles. The zero-order chi connectivity index (χ0) is 10.3. The highest BCUT2D eigenvalue weighted by Gasteiger charge is 2.33. The van der Waals surface area contributed by atoms with Crippen LogP contribution in [-0.4, -0.2) is 4.37 Å². The molecule has 0 aliphatic heterocycles. The zero-order valence-corrected chi connectivity index (χ0v) is 7.62. The Bertz CT molecular complexity index is 475. The lowest BCUT2D eigenvalue weighted by atomic mass is 10.1. The van der Waals surface area contributed by atoms with Gasteiger partial charge in [0.1, 0.15) is 5.82 Å². The molecule has 6 heteroatoms. The molecule has 2 rings (SSSR count). The van der Waals surface area contributed by atoms with Gasteiger partial charge in [0.05, 0.1) is 10.3 Å². The minimum absolute atomic E-state index is 0.0949. The van der Waals surface area contributed by atoms with Gasteiger partial charge in [0.25, 0.3) is 0 Å². The predicted molar refractivity (Wildman–Crippen MR) is 49.0 cm³/mol. The van der Waals surface area contributed by atoms with Gasteiger partial charge in [0.15, 0.2) is 0 Å². The first-order valence-corrected chi connectivity index (χ1v) is 4.48. The average Bonchev–Trinajstić information content (AvgIpc) is 2.46. The Morgan fingerprint density at radius 2 is 2.00 bits per heavy atom. The van der Waals surface area contributed by atoms with Gasteiger partial charge in [-0.1, -0.05) is 6.07 Å². The monoisotopic (exact) mass is 218 g/mol. The number of hydrogen-bond donors (Lipinski definition) is 1. The van der Waals surface area contributed by atoms with Gasteiger partial charge in [-0.15, -0.1) is 0 Å². The van der Waals surface area contributed by atoms with Gasteiger partial charge in [-0.25, -0.2) is 0 Å². The number of nitrogen functional groups attached to an aromatic ring is 1. The normalized spacial score (nSPS) is 12.2. The summed E-state index contributed by atoms with van der Waals surface area (Å²) >= 11 is 0.772. The van der Waals surface area contributed by atoms with E-state index in [0.29, 0.717) is 5.39 Å². The second-order valence-electron chi connectivity index (χ2n) is 2.75.